The molecule has 100 valence electrons. The van der Waals surface area contributed by atoms with Crippen molar-refractivity contribution >= 4 is 5.95 Å². The van der Waals surface area contributed by atoms with E-state index in [0.717, 1.165) is 37.0 Å². The Morgan fingerprint density at radius 1 is 1.21 bits per heavy atom. The van der Waals surface area contributed by atoms with Gasteiger partial charge in [-0.3, -0.25) is 5.10 Å². The average Bonchev–Trinajstić information content (AvgIpc) is 3.10. The smallest absolute Gasteiger partial charge is 0.244 e. The number of methoxy groups -OCH3 is 1. The number of nitrogens with one attached hydrogen (secondary N) is 1. The number of aromatic amines is 1. The summed E-state index contributed by atoms with van der Waals surface area (Å²) in [5.74, 6) is 2.62. The van der Waals surface area contributed by atoms with Gasteiger partial charge in [0.1, 0.15) is 11.6 Å². The summed E-state index contributed by atoms with van der Waals surface area (Å²) in [4.78, 5) is 6.79. The quantitative estimate of drug-likeness (QED) is 0.911. The van der Waals surface area contributed by atoms with Crippen LogP contribution < -0.4 is 9.64 Å². The highest BCUT2D eigenvalue weighted by Crippen LogP contribution is 2.17. The maximum atomic E-state index is 5.15. The van der Waals surface area contributed by atoms with E-state index in [2.05, 4.69) is 32.2 Å². The lowest BCUT2D eigenvalue weighted by Gasteiger charge is -2.10. The first-order valence-electron chi connectivity index (χ1n) is 6.64. The van der Waals surface area contributed by atoms with Crippen LogP contribution >= 0.6 is 0 Å². The fourth-order valence-electron chi connectivity index (χ4n) is 2.36. The molecule has 0 spiro atoms. The van der Waals surface area contributed by atoms with Gasteiger partial charge in [-0.2, -0.15) is 4.98 Å². The Morgan fingerprint density at radius 3 is 2.63 bits per heavy atom. The van der Waals surface area contributed by atoms with Crippen LogP contribution in [0.5, 0.6) is 5.75 Å². The zero-order valence-electron chi connectivity index (χ0n) is 11.1. The van der Waals surface area contributed by atoms with E-state index in [0.29, 0.717) is 0 Å². The highest BCUT2D eigenvalue weighted by Gasteiger charge is 2.16. The van der Waals surface area contributed by atoms with Crippen molar-refractivity contribution in [2.24, 2.45) is 0 Å². The van der Waals surface area contributed by atoms with Gasteiger partial charge in [0.15, 0.2) is 0 Å². The lowest BCUT2D eigenvalue weighted by atomic mass is 10.1. The molecule has 5 nitrogen and oxygen atoms in total. The Balaban J connectivity index is 1.68. The first kappa shape index (κ1) is 12.0. The molecule has 3 rings (SSSR count). The summed E-state index contributed by atoms with van der Waals surface area (Å²) in [6.45, 7) is 2.14. The van der Waals surface area contributed by atoms with E-state index in [1.807, 2.05) is 12.1 Å². The Morgan fingerprint density at radius 2 is 1.95 bits per heavy atom. The largest absolute Gasteiger partial charge is 0.497 e. The normalized spacial score (nSPS) is 14.9. The van der Waals surface area contributed by atoms with E-state index in [-0.39, 0.29) is 0 Å². The van der Waals surface area contributed by atoms with Crippen LogP contribution in [0.15, 0.2) is 24.3 Å². The summed E-state index contributed by atoms with van der Waals surface area (Å²) in [5.41, 5.74) is 1.20. The van der Waals surface area contributed by atoms with Gasteiger partial charge < -0.3 is 9.64 Å². The number of nitrogens with zero attached hydrogens (tertiary/aromatic N) is 3. The lowest BCUT2D eigenvalue weighted by molar-refractivity contribution is 0.414. The van der Waals surface area contributed by atoms with E-state index in [4.69, 9.17) is 4.74 Å². The Bertz CT molecular complexity index is 529. The number of hydrogen-bond acceptors (Lipinski definition) is 4. The molecule has 5 heteroatoms. The third-order valence-electron chi connectivity index (χ3n) is 3.44. The molecule has 0 radical (unpaired) electrons. The van der Waals surface area contributed by atoms with E-state index < -0.39 is 0 Å². The Labute approximate surface area is 112 Å². The van der Waals surface area contributed by atoms with Gasteiger partial charge in [0.25, 0.3) is 0 Å². The molecule has 1 aromatic heterocycles. The van der Waals surface area contributed by atoms with Crippen LogP contribution in [0.1, 0.15) is 24.2 Å². The number of anilines is 1. The summed E-state index contributed by atoms with van der Waals surface area (Å²) in [7, 11) is 1.67. The van der Waals surface area contributed by atoms with E-state index in [9.17, 15) is 0 Å². The molecule has 19 heavy (non-hydrogen) atoms. The van der Waals surface area contributed by atoms with Crippen LogP contribution in [0.3, 0.4) is 0 Å². The Kier molecular flexibility index (Phi) is 3.35. The van der Waals surface area contributed by atoms with Gasteiger partial charge in [-0.1, -0.05) is 12.1 Å². The van der Waals surface area contributed by atoms with Crippen molar-refractivity contribution in [3.8, 4) is 5.75 Å². The number of hydrogen-bond donors (Lipinski definition) is 1. The van der Waals surface area contributed by atoms with Crippen molar-refractivity contribution in [1.29, 1.82) is 0 Å². The van der Waals surface area contributed by atoms with Gasteiger partial charge in [-0.05, 0) is 30.5 Å². The van der Waals surface area contributed by atoms with Crippen LogP contribution in [0.4, 0.5) is 5.95 Å². The second kappa shape index (κ2) is 5.30. The third kappa shape index (κ3) is 2.70. The fraction of sp³-hybridized carbons (Fsp3) is 0.429. The number of benzene rings is 1. The summed E-state index contributed by atoms with van der Waals surface area (Å²) >= 11 is 0. The van der Waals surface area contributed by atoms with Crippen molar-refractivity contribution < 1.29 is 4.74 Å². The number of rotatable bonds is 4. The van der Waals surface area contributed by atoms with E-state index in [1.165, 1.54) is 18.4 Å². The van der Waals surface area contributed by atoms with Crippen LogP contribution in [0, 0.1) is 0 Å². The summed E-state index contributed by atoms with van der Waals surface area (Å²) in [6.07, 6.45) is 3.25. The zero-order valence-corrected chi connectivity index (χ0v) is 11.1. The highest BCUT2D eigenvalue weighted by molar-refractivity contribution is 5.32. The van der Waals surface area contributed by atoms with Crippen molar-refractivity contribution in [2.75, 3.05) is 25.1 Å². The Hall–Kier alpha value is -2.04. The minimum absolute atomic E-state index is 0.769. The molecule has 1 fully saturated rings. The molecule has 0 atom stereocenters. The fourth-order valence-corrected chi connectivity index (χ4v) is 2.36. The highest BCUT2D eigenvalue weighted by atomic mass is 16.5. The second-order valence-electron chi connectivity index (χ2n) is 4.80. The zero-order chi connectivity index (χ0) is 13.1. The molecule has 1 aliphatic rings. The minimum atomic E-state index is 0.769. The van der Waals surface area contributed by atoms with Gasteiger partial charge >= 0.3 is 0 Å². The SMILES string of the molecule is COc1ccc(Cc2nc(N3CCCC3)n[nH]2)cc1. The van der Waals surface area contributed by atoms with Gasteiger partial charge in [0.2, 0.25) is 5.95 Å². The second-order valence-corrected chi connectivity index (χ2v) is 4.80. The van der Waals surface area contributed by atoms with Crippen molar-refractivity contribution in [3.63, 3.8) is 0 Å². The van der Waals surface area contributed by atoms with Crippen LogP contribution in [-0.2, 0) is 6.42 Å². The number of ether oxygens (including phenoxy) is 1. The molecule has 0 aliphatic carbocycles. The summed E-state index contributed by atoms with van der Waals surface area (Å²) in [6, 6.07) is 8.04. The molecule has 0 saturated carbocycles. The predicted molar refractivity (Wildman–Crippen MR) is 73.6 cm³/mol. The molecule has 1 saturated heterocycles. The van der Waals surface area contributed by atoms with Crippen molar-refractivity contribution in [1.82, 2.24) is 15.2 Å². The van der Waals surface area contributed by atoms with Crippen LogP contribution in [-0.4, -0.2) is 35.4 Å². The van der Waals surface area contributed by atoms with Gasteiger partial charge in [-0.25, -0.2) is 0 Å². The predicted octanol–water partition coefficient (Wildman–Crippen LogP) is 2.00. The lowest BCUT2D eigenvalue weighted by Crippen LogP contribution is -2.18. The molecule has 0 amide bonds. The third-order valence-corrected chi connectivity index (χ3v) is 3.44. The molecule has 0 bridgehead atoms. The molecule has 2 aromatic rings. The first-order chi connectivity index (χ1) is 9.35. The van der Waals surface area contributed by atoms with Crippen molar-refractivity contribution in [3.05, 3.63) is 35.7 Å². The first-order valence-corrected chi connectivity index (χ1v) is 6.64. The molecule has 2 heterocycles. The van der Waals surface area contributed by atoms with Crippen LogP contribution in [0.2, 0.25) is 0 Å². The van der Waals surface area contributed by atoms with E-state index >= 15 is 0 Å². The maximum absolute atomic E-state index is 5.15. The molecule has 1 N–H and O–H groups in total. The van der Waals surface area contributed by atoms with Crippen LogP contribution in [0.25, 0.3) is 0 Å². The number of H-pyrrole nitrogens is 1. The summed E-state index contributed by atoms with van der Waals surface area (Å²) < 4.78 is 5.15. The monoisotopic (exact) mass is 258 g/mol. The van der Waals surface area contributed by atoms with Crippen molar-refractivity contribution in [2.45, 2.75) is 19.3 Å². The standard InChI is InChI=1S/C14H18N4O/c1-19-12-6-4-11(5-7-12)10-13-15-14(17-16-13)18-8-2-3-9-18/h4-7H,2-3,8-10H2,1H3,(H,15,16,17). The minimum Gasteiger partial charge on any atom is -0.497 e. The van der Waals surface area contributed by atoms with Gasteiger partial charge in [0.05, 0.1) is 7.11 Å². The number of aromatic nitrogens is 3. The molecule has 1 aromatic carbocycles. The molecule has 0 unspecified atom stereocenters. The van der Waals surface area contributed by atoms with E-state index in [1.54, 1.807) is 7.11 Å². The van der Waals surface area contributed by atoms with Gasteiger partial charge in [0, 0.05) is 19.5 Å². The molecule has 1 aliphatic heterocycles. The maximum Gasteiger partial charge on any atom is 0.244 e. The average molecular weight is 258 g/mol. The molecular weight excluding hydrogens is 240 g/mol. The summed E-state index contributed by atoms with van der Waals surface area (Å²) in [5, 5.41) is 7.32. The van der Waals surface area contributed by atoms with Gasteiger partial charge in [-0.15, -0.1) is 5.10 Å². The molecular formula is C14H18N4O. The topological polar surface area (TPSA) is 54.0 Å².